The molecule has 0 atom stereocenters. The number of rotatable bonds is 3. The molecule has 0 N–H and O–H groups in total. The SMILES string of the molecule is Cc1cccc(C#N)c1Sc1nnnn1-c1ccccc1. The van der Waals surface area contributed by atoms with Gasteiger partial charge >= 0.3 is 0 Å². The first-order valence-corrected chi connectivity index (χ1v) is 7.12. The molecule has 1 aromatic heterocycles. The summed E-state index contributed by atoms with van der Waals surface area (Å²) in [5, 5.41) is 21.7. The van der Waals surface area contributed by atoms with Crippen LogP contribution in [0.4, 0.5) is 0 Å². The third kappa shape index (κ3) is 2.64. The minimum atomic E-state index is 0.627. The fourth-order valence-electron chi connectivity index (χ4n) is 1.94. The van der Waals surface area contributed by atoms with E-state index in [1.54, 1.807) is 10.7 Å². The second-order valence-corrected chi connectivity index (χ2v) is 5.35. The summed E-state index contributed by atoms with van der Waals surface area (Å²) >= 11 is 1.40. The summed E-state index contributed by atoms with van der Waals surface area (Å²) in [6, 6.07) is 17.5. The van der Waals surface area contributed by atoms with Crippen molar-refractivity contribution in [3.05, 3.63) is 59.7 Å². The Bertz CT molecular complexity index is 804. The highest BCUT2D eigenvalue weighted by atomic mass is 32.2. The first kappa shape index (κ1) is 13.3. The van der Waals surface area contributed by atoms with Crippen LogP contribution in [0.5, 0.6) is 0 Å². The number of aromatic nitrogens is 4. The van der Waals surface area contributed by atoms with Crippen LogP contribution in [0.25, 0.3) is 5.69 Å². The molecular weight excluding hydrogens is 282 g/mol. The van der Waals surface area contributed by atoms with Crippen LogP contribution in [0.1, 0.15) is 11.1 Å². The van der Waals surface area contributed by atoms with E-state index in [0.29, 0.717) is 10.7 Å². The lowest BCUT2D eigenvalue weighted by Gasteiger charge is -2.07. The van der Waals surface area contributed by atoms with Crippen LogP contribution in [-0.4, -0.2) is 20.2 Å². The van der Waals surface area contributed by atoms with E-state index >= 15 is 0 Å². The molecule has 2 aromatic carbocycles. The van der Waals surface area contributed by atoms with Gasteiger partial charge in [0.15, 0.2) is 0 Å². The molecule has 0 bridgehead atoms. The minimum absolute atomic E-state index is 0.627. The van der Waals surface area contributed by atoms with E-state index in [-0.39, 0.29) is 0 Å². The monoisotopic (exact) mass is 293 g/mol. The Morgan fingerprint density at radius 2 is 1.90 bits per heavy atom. The van der Waals surface area contributed by atoms with Crippen molar-refractivity contribution in [3.8, 4) is 11.8 Å². The normalized spacial score (nSPS) is 10.3. The minimum Gasteiger partial charge on any atom is -0.192 e. The van der Waals surface area contributed by atoms with Crippen molar-refractivity contribution in [1.82, 2.24) is 20.2 Å². The lowest BCUT2D eigenvalue weighted by Crippen LogP contribution is -1.99. The van der Waals surface area contributed by atoms with E-state index in [1.807, 2.05) is 49.4 Å². The summed E-state index contributed by atoms with van der Waals surface area (Å²) < 4.78 is 1.66. The van der Waals surface area contributed by atoms with Crippen molar-refractivity contribution in [2.45, 2.75) is 17.0 Å². The van der Waals surface area contributed by atoms with Gasteiger partial charge in [-0.25, -0.2) is 0 Å². The standard InChI is InChI=1S/C15H11N5S/c1-11-6-5-7-12(10-16)14(11)21-15-17-18-19-20(15)13-8-3-2-4-9-13/h2-9H,1H3. The molecule has 0 amide bonds. The van der Waals surface area contributed by atoms with Crippen molar-refractivity contribution in [2.24, 2.45) is 0 Å². The Morgan fingerprint density at radius 3 is 2.67 bits per heavy atom. The predicted molar refractivity (Wildman–Crippen MR) is 79.2 cm³/mol. The molecule has 3 aromatic rings. The molecule has 5 nitrogen and oxygen atoms in total. The number of benzene rings is 2. The van der Waals surface area contributed by atoms with Crippen LogP contribution in [0.2, 0.25) is 0 Å². The van der Waals surface area contributed by atoms with Gasteiger partial charge in [-0.3, -0.25) is 0 Å². The summed E-state index contributed by atoms with van der Waals surface area (Å²) in [6.45, 7) is 1.97. The Hall–Kier alpha value is -2.65. The topological polar surface area (TPSA) is 67.4 Å². The van der Waals surface area contributed by atoms with E-state index < -0.39 is 0 Å². The predicted octanol–water partition coefficient (Wildman–Crippen LogP) is 2.99. The highest BCUT2D eigenvalue weighted by Gasteiger charge is 2.14. The molecule has 21 heavy (non-hydrogen) atoms. The maximum absolute atomic E-state index is 9.24. The molecule has 3 rings (SSSR count). The van der Waals surface area contributed by atoms with E-state index in [4.69, 9.17) is 0 Å². The molecule has 0 saturated carbocycles. The Balaban J connectivity index is 2.02. The summed E-state index contributed by atoms with van der Waals surface area (Å²) in [7, 11) is 0. The van der Waals surface area contributed by atoms with Gasteiger partial charge in [-0.2, -0.15) is 9.94 Å². The highest BCUT2D eigenvalue weighted by Crippen LogP contribution is 2.32. The molecule has 0 fully saturated rings. The Labute approximate surface area is 126 Å². The zero-order chi connectivity index (χ0) is 14.7. The van der Waals surface area contributed by atoms with Gasteiger partial charge in [0, 0.05) is 4.90 Å². The van der Waals surface area contributed by atoms with Crippen LogP contribution in [0.15, 0.2) is 58.6 Å². The van der Waals surface area contributed by atoms with Gasteiger partial charge in [-0.05, 0) is 52.9 Å². The third-order valence-corrected chi connectivity index (χ3v) is 4.15. The van der Waals surface area contributed by atoms with E-state index in [1.165, 1.54) is 11.8 Å². The number of aryl methyl sites for hydroxylation is 1. The molecule has 0 aliphatic heterocycles. The van der Waals surface area contributed by atoms with Crippen molar-refractivity contribution < 1.29 is 0 Å². The summed E-state index contributed by atoms with van der Waals surface area (Å²) in [5.41, 5.74) is 2.54. The molecule has 1 heterocycles. The number of hydrogen-bond acceptors (Lipinski definition) is 5. The second-order valence-electron chi connectivity index (χ2n) is 4.37. The molecule has 102 valence electrons. The molecule has 0 aliphatic carbocycles. The lowest BCUT2D eigenvalue weighted by molar-refractivity contribution is 0.756. The lowest BCUT2D eigenvalue weighted by atomic mass is 10.1. The van der Waals surface area contributed by atoms with Gasteiger partial charge in [0.2, 0.25) is 5.16 Å². The molecule has 0 saturated heterocycles. The fraction of sp³-hybridized carbons (Fsp3) is 0.0667. The maximum atomic E-state index is 9.24. The van der Waals surface area contributed by atoms with Gasteiger partial charge < -0.3 is 0 Å². The average molecular weight is 293 g/mol. The first-order chi connectivity index (χ1) is 10.3. The fourth-order valence-corrected chi connectivity index (χ4v) is 2.88. The van der Waals surface area contributed by atoms with Crippen molar-refractivity contribution in [2.75, 3.05) is 0 Å². The van der Waals surface area contributed by atoms with Gasteiger partial charge in [-0.1, -0.05) is 30.3 Å². The van der Waals surface area contributed by atoms with Crippen molar-refractivity contribution >= 4 is 11.8 Å². The van der Waals surface area contributed by atoms with Gasteiger partial charge in [0.05, 0.1) is 11.3 Å². The Morgan fingerprint density at radius 1 is 1.10 bits per heavy atom. The van der Waals surface area contributed by atoms with Gasteiger partial charge in [0.25, 0.3) is 0 Å². The zero-order valence-electron chi connectivity index (χ0n) is 11.3. The summed E-state index contributed by atoms with van der Waals surface area (Å²) in [4.78, 5) is 0.881. The van der Waals surface area contributed by atoms with Gasteiger partial charge in [-0.15, -0.1) is 5.10 Å². The Kier molecular flexibility index (Phi) is 3.67. The van der Waals surface area contributed by atoms with Crippen LogP contribution in [0, 0.1) is 18.3 Å². The second kappa shape index (κ2) is 5.77. The van der Waals surface area contributed by atoms with Crippen molar-refractivity contribution in [1.29, 1.82) is 5.26 Å². The summed E-state index contributed by atoms with van der Waals surface area (Å²) in [5.74, 6) is 0. The molecular formula is C15H11N5S. The summed E-state index contributed by atoms with van der Waals surface area (Å²) in [6.07, 6.45) is 0. The van der Waals surface area contributed by atoms with E-state index in [9.17, 15) is 5.26 Å². The third-order valence-electron chi connectivity index (χ3n) is 2.97. The van der Waals surface area contributed by atoms with Gasteiger partial charge in [0.1, 0.15) is 6.07 Å². The average Bonchev–Trinajstić information content (AvgIpc) is 2.98. The number of tetrazole rings is 1. The van der Waals surface area contributed by atoms with Crippen LogP contribution < -0.4 is 0 Å². The van der Waals surface area contributed by atoms with Crippen LogP contribution >= 0.6 is 11.8 Å². The first-order valence-electron chi connectivity index (χ1n) is 6.31. The van der Waals surface area contributed by atoms with Crippen LogP contribution in [-0.2, 0) is 0 Å². The molecule has 0 aliphatic rings. The van der Waals surface area contributed by atoms with Crippen molar-refractivity contribution in [3.63, 3.8) is 0 Å². The quantitative estimate of drug-likeness (QED) is 0.742. The largest absolute Gasteiger partial charge is 0.218 e. The maximum Gasteiger partial charge on any atom is 0.218 e. The molecule has 0 spiro atoms. The molecule has 0 unspecified atom stereocenters. The van der Waals surface area contributed by atoms with E-state index in [0.717, 1.165) is 16.1 Å². The highest BCUT2D eigenvalue weighted by molar-refractivity contribution is 7.99. The number of nitrogens with zero attached hydrogens (tertiary/aromatic N) is 5. The number of para-hydroxylation sites is 1. The number of nitriles is 1. The van der Waals surface area contributed by atoms with Crippen LogP contribution in [0.3, 0.4) is 0 Å². The van der Waals surface area contributed by atoms with E-state index in [2.05, 4.69) is 21.6 Å². The molecule has 0 radical (unpaired) electrons. The number of hydrogen-bond donors (Lipinski definition) is 0. The smallest absolute Gasteiger partial charge is 0.192 e. The molecule has 6 heteroatoms. The zero-order valence-corrected chi connectivity index (χ0v) is 12.1.